The molecule has 0 amide bonds. The molecule has 0 bridgehead atoms. The number of hydrogen-bond donors (Lipinski definition) is 2. The first kappa shape index (κ1) is 32.0. The lowest BCUT2D eigenvalue weighted by molar-refractivity contribution is 0.0883. The molecule has 5 aliphatic heterocycles. The quantitative estimate of drug-likeness (QED) is 0.233. The van der Waals surface area contributed by atoms with Crippen molar-refractivity contribution >= 4 is 0 Å². The Bertz CT molecular complexity index is 659. The summed E-state index contributed by atoms with van der Waals surface area (Å²) in [5, 5.41) is 6.92. The van der Waals surface area contributed by atoms with E-state index < -0.39 is 0 Å². The van der Waals surface area contributed by atoms with Crippen molar-refractivity contribution in [3.8, 4) is 0 Å². The molecule has 0 aromatic rings. The molecular formula is C31H64N10. The van der Waals surface area contributed by atoms with Gasteiger partial charge < -0.3 is 20.4 Å². The van der Waals surface area contributed by atoms with Gasteiger partial charge in [-0.15, -0.1) is 0 Å². The number of nitrogens with one attached hydrogen (secondary N) is 2. The highest BCUT2D eigenvalue weighted by molar-refractivity contribution is 4.78. The minimum atomic E-state index is 1.16. The van der Waals surface area contributed by atoms with E-state index >= 15 is 0 Å². The van der Waals surface area contributed by atoms with Gasteiger partial charge in [-0.1, -0.05) is 6.42 Å². The molecule has 10 nitrogen and oxygen atoms in total. The van der Waals surface area contributed by atoms with Crippen LogP contribution >= 0.6 is 0 Å². The summed E-state index contributed by atoms with van der Waals surface area (Å²) in [6, 6.07) is 0. The summed E-state index contributed by atoms with van der Waals surface area (Å²) in [5.74, 6) is 0. The zero-order valence-corrected chi connectivity index (χ0v) is 26.5. The highest BCUT2D eigenvalue weighted by Crippen LogP contribution is 2.09. The van der Waals surface area contributed by atoms with Gasteiger partial charge in [-0.05, 0) is 25.9 Å². The van der Waals surface area contributed by atoms with Crippen molar-refractivity contribution < 1.29 is 0 Å². The average molecular weight is 577 g/mol. The molecule has 0 aromatic heterocycles. The van der Waals surface area contributed by atoms with E-state index in [0.29, 0.717) is 0 Å². The highest BCUT2D eigenvalue weighted by Gasteiger charge is 2.21. The fourth-order valence-electron chi connectivity index (χ4n) is 7.28. The molecule has 41 heavy (non-hydrogen) atoms. The lowest BCUT2D eigenvalue weighted by Gasteiger charge is -2.39. The first-order chi connectivity index (χ1) is 20.3. The van der Waals surface area contributed by atoms with Gasteiger partial charge in [-0.3, -0.25) is 29.4 Å². The maximum Gasteiger partial charge on any atom is 0.0110 e. The van der Waals surface area contributed by atoms with E-state index in [2.05, 4.69) is 49.8 Å². The van der Waals surface area contributed by atoms with Gasteiger partial charge in [-0.25, -0.2) is 0 Å². The summed E-state index contributed by atoms with van der Waals surface area (Å²) in [6.07, 6.45) is 4.15. The monoisotopic (exact) mass is 577 g/mol. The molecule has 5 saturated heterocycles. The van der Waals surface area contributed by atoms with Crippen LogP contribution in [-0.4, -0.2) is 222 Å². The summed E-state index contributed by atoms with van der Waals surface area (Å²) in [6.45, 7) is 34.9. The molecule has 5 aliphatic rings. The summed E-state index contributed by atoms with van der Waals surface area (Å²) in [7, 11) is 0. The smallest absolute Gasteiger partial charge is 0.0110 e. The maximum atomic E-state index is 3.46. The normalized spacial score (nSPS) is 26.6. The van der Waals surface area contributed by atoms with Crippen LogP contribution in [0.2, 0.25) is 0 Å². The topological polar surface area (TPSA) is 50.0 Å². The van der Waals surface area contributed by atoms with Crippen molar-refractivity contribution in [1.82, 2.24) is 49.8 Å². The van der Waals surface area contributed by atoms with Gasteiger partial charge >= 0.3 is 0 Å². The van der Waals surface area contributed by atoms with Gasteiger partial charge in [0.2, 0.25) is 0 Å². The third-order valence-corrected chi connectivity index (χ3v) is 10.5. The molecule has 238 valence electrons. The molecule has 0 aromatic carbocycles. The van der Waals surface area contributed by atoms with Crippen molar-refractivity contribution in [2.45, 2.75) is 19.3 Å². The minimum absolute atomic E-state index is 1.16. The van der Waals surface area contributed by atoms with Crippen LogP contribution in [0, 0.1) is 0 Å². The SMILES string of the molecule is C(CCN1CCN(CCN2CCNCC2)CC1)CCN1CCN(CCN2CCN(CCN3CCNCC3)CC2)CC1. The Balaban J connectivity index is 0.812. The molecule has 0 aliphatic carbocycles. The average Bonchev–Trinajstić information content (AvgIpc) is 3.04. The summed E-state index contributed by atoms with van der Waals surface area (Å²) in [4.78, 5) is 21.5. The number of piperazine rings is 5. The van der Waals surface area contributed by atoms with Crippen molar-refractivity contribution in [2.75, 3.05) is 183 Å². The van der Waals surface area contributed by atoms with Crippen LogP contribution in [0.3, 0.4) is 0 Å². The zero-order chi connectivity index (χ0) is 28.0. The molecule has 0 spiro atoms. The second-order valence-corrected chi connectivity index (χ2v) is 13.3. The van der Waals surface area contributed by atoms with E-state index in [4.69, 9.17) is 0 Å². The molecule has 2 N–H and O–H groups in total. The lowest BCUT2D eigenvalue weighted by Crippen LogP contribution is -2.52. The van der Waals surface area contributed by atoms with Crippen LogP contribution in [-0.2, 0) is 0 Å². The van der Waals surface area contributed by atoms with Crippen molar-refractivity contribution in [2.24, 2.45) is 0 Å². The van der Waals surface area contributed by atoms with Crippen LogP contribution in [0.1, 0.15) is 19.3 Å². The van der Waals surface area contributed by atoms with Crippen LogP contribution in [0.4, 0.5) is 0 Å². The standard InChI is InChI=1S/C31H64N10/c1(2-8-34-14-20-38(21-15-34)24-18-36-10-4-32-5-11-36)3-9-35-16-22-39(23-17-35)26-29-41-30-27-40(28-31-41)25-19-37-12-6-33-7-13-37/h32-33H,1-31H2. The second kappa shape index (κ2) is 18.4. The molecule has 5 rings (SSSR count). The minimum Gasteiger partial charge on any atom is -0.314 e. The van der Waals surface area contributed by atoms with Crippen LogP contribution in [0.25, 0.3) is 0 Å². The molecule has 5 fully saturated rings. The Morgan fingerprint density at radius 3 is 0.732 bits per heavy atom. The van der Waals surface area contributed by atoms with Crippen LogP contribution in [0.5, 0.6) is 0 Å². The van der Waals surface area contributed by atoms with Gasteiger partial charge in [0, 0.05) is 170 Å². The predicted molar refractivity (Wildman–Crippen MR) is 171 cm³/mol. The first-order valence-electron chi connectivity index (χ1n) is 17.5. The number of hydrogen-bond acceptors (Lipinski definition) is 10. The zero-order valence-electron chi connectivity index (χ0n) is 26.5. The van der Waals surface area contributed by atoms with Crippen molar-refractivity contribution in [3.63, 3.8) is 0 Å². The Morgan fingerprint density at radius 1 is 0.244 bits per heavy atom. The fraction of sp³-hybridized carbons (Fsp3) is 1.00. The molecule has 5 heterocycles. The van der Waals surface area contributed by atoms with Crippen LogP contribution < -0.4 is 10.6 Å². The third-order valence-electron chi connectivity index (χ3n) is 10.5. The third kappa shape index (κ3) is 11.9. The predicted octanol–water partition coefficient (Wildman–Crippen LogP) is -1.18. The number of rotatable bonds is 15. The maximum absolute atomic E-state index is 3.46. The van der Waals surface area contributed by atoms with E-state index in [-0.39, 0.29) is 0 Å². The van der Waals surface area contributed by atoms with Crippen molar-refractivity contribution in [3.05, 3.63) is 0 Å². The molecule has 0 unspecified atom stereocenters. The molecule has 0 radical (unpaired) electrons. The van der Waals surface area contributed by atoms with E-state index in [1.165, 1.54) is 189 Å². The van der Waals surface area contributed by atoms with Crippen LogP contribution in [0.15, 0.2) is 0 Å². The molecule has 0 atom stereocenters. The Hall–Kier alpha value is -0.400. The number of nitrogens with zero attached hydrogens (tertiary/aromatic N) is 8. The van der Waals surface area contributed by atoms with E-state index in [1.807, 2.05) is 0 Å². The molecule has 10 heteroatoms. The Morgan fingerprint density at radius 2 is 0.463 bits per heavy atom. The van der Waals surface area contributed by atoms with E-state index in [0.717, 1.165) is 13.1 Å². The summed E-state index contributed by atoms with van der Waals surface area (Å²) >= 11 is 0. The van der Waals surface area contributed by atoms with E-state index in [1.54, 1.807) is 0 Å². The summed E-state index contributed by atoms with van der Waals surface area (Å²) < 4.78 is 0. The Kier molecular flexibility index (Phi) is 14.4. The molecular weight excluding hydrogens is 512 g/mol. The van der Waals surface area contributed by atoms with Gasteiger partial charge in [0.25, 0.3) is 0 Å². The fourth-order valence-corrected chi connectivity index (χ4v) is 7.28. The van der Waals surface area contributed by atoms with Gasteiger partial charge in [0.1, 0.15) is 0 Å². The van der Waals surface area contributed by atoms with Gasteiger partial charge in [-0.2, -0.15) is 0 Å². The van der Waals surface area contributed by atoms with Gasteiger partial charge in [0.15, 0.2) is 0 Å². The first-order valence-corrected chi connectivity index (χ1v) is 17.5. The highest BCUT2D eigenvalue weighted by atomic mass is 15.3. The Labute approximate surface area is 252 Å². The second-order valence-electron chi connectivity index (χ2n) is 13.3. The number of unbranched alkanes of at least 4 members (excludes halogenated alkanes) is 2. The van der Waals surface area contributed by atoms with E-state index in [9.17, 15) is 0 Å². The molecule has 0 saturated carbocycles. The summed E-state index contributed by atoms with van der Waals surface area (Å²) in [5.41, 5.74) is 0. The largest absolute Gasteiger partial charge is 0.314 e. The lowest BCUT2D eigenvalue weighted by atomic mass is 10.2. The van der Waals surface area contributed by atoms with Gasteiger partial charge in [0.05, 0.1) is 0 Å². The van der Waals surface area contributed by atoms with Crippen molar-refractivity contribution in [1.29, 1.82) is 0 Å².